The largest absolute Gasteiger partial charge is 0.497 e. The Kier molecular flexibility index (Phi) is 6.31. The van der Waals surface area contributed by atoms with E-state index in [4.69, 9.17) is 9.47 Å². The second kappa shape index (κ2) is 9.07. The lowest BCUT2D eigenvalue weighted by atomic mass is 10.2. The molecule has 0 saturated carbocycles. The van der Waals surface area contributed by atoms with E-state index in [1.165, 1.54) is 0 Å². The van der Waals surface area contributed by atoms with E-state index in [9.17, 15) is 9.59 Å². The van der Waals surface area contributed by atoms with Crippen LogP contribution in [0.5, 0.6) is 5.75 Å². The summed E-state index contributed by atoms with van der Waals surface area (Å²) in [5.74, 6) is 0.451. The Morgan fingerprint density at radius 2 is 1.79 bits per heavy atom. The van der Waals surface area contributed by atoms with Crippen LogP contribution in [0.1, 0.15) is 17.4 Å². The highest BCUT2D eigenvalue weighted by molar-refractivity contribution is 6.02. The maximum absolute atomic E-state index is 12.4. The number of nitrogens with zero attached hydrogens (tertiary/aromatic N) is 3. The van der Waals surface area contributed by atoms with Gasteiger partial charge in [0.2, 0.25) is 0 Å². The fourth-order valence-electron chi connectivity index (χ4n) is 2.94. The van der Waals surface area contributed by atoms with Crippen LogP contribution < -0.4 is 15.0 Å². The predicted octanol–water partition coefficient (Wildman–Crippen LogP) is 2.62. The van der Waals surface area contributed by atoms with Crippen molar-refractivity contribution in [3.8, 4) is 5.75 Å². The molecule has 148 valence electrons. The molecule has 1 N–H and O–H groups in total. The van der Waals surface area contributed by atoms with Gasteiger partial charge < -0.3 is 24.6 Å². The molecule has 0 unspecified atom stereocenters. The lowest BCUT2D eigenvalue weighted by Gasteiger charge is -2.35. The van der Waals surface area contributed by atoms with Crippen molar-refractivity contribution in [2.75, 3.05) is 50.1 Å². The predicted molar refractivity (Wildman–Crippen MR) is 106 cm³/mol. The highest BCUT2D eigenvalue weighted by Gasteiger charge is 2.22. The van der Waals surface area contributed by atoms with Crippen LogP contribution in [0.25, 0.3) is 0 Å². The van der Waals surface area contributed by atoms with E-state index in [-0.39, 0.29) is 12.0 Å². The minimum atomic E-state index is -0.274. The smallest absolute Gasteiger partial charge is 0.409 e. The molecule has 8 heteroatoms. The van der Waals surface area contributed by atoms with E-state index >= 15 is 0 Å². The number of methoxy groups -OCH3 is 1. The van der Waals surface area contributed by atoms with Gasteiger partial charge in [0, 0.05) is 31.9 Å². The number of hydrogen-bond donors (Lipinski definition) is 1. The molecule has 2 heterocycles. The molecule has 3 rings (SSSR count). The van der Waals surface area contributed by atoms with Crippen molar-refractivity contribution in [2.45, 2.75) is 6.92 Å². The maximum Gasteiger partial charge on any atom is 0.409 e. The van der Waals surface area contributed by atoms with Crippen LogP contribution in [0.3, 0.4) is 0 Å². The van der Waals surface area contributed by atoms with Crippen molar-refractivity contribution in [1.29, 1.82) is 0 Å². The minimum Gasteiger partial charge on any atom is -0.497 e. The summed E-state index contributed by atoms with van der Waals surface area (Å²) in [4.78, 5) is 32.2. The zero-order valence-electron chi connectivity index (χ0n) is 16.1. The normalized spacial score (nSPS) is 13.8. The van der Waals surface area contributed by atoms with Crippen molar-refractivity contribution in [3.63, 3.8) is 0 Å². The monoisotopic (exact) mass is 384 g/mol. The number of ether oxygens (including phenoxy) is 2. The first kappa shape index (κ1) is 19.5. The molecule has 1 fully saturated rings. The first-order chi connectivity index (χ1) is 13.6. The molecule has 1 aromatic carbocycles. The van der Waals surface area contributed by atoms with E-state index in [2.05, 4.69) is 15.2 Å². The molecular weight excluding hydrogens is 360 g/mol. The molecule has 1 aliphatic rings. The van der Waals surface area contributed by atoms with Crippen LogP contribution in [0.15, 0.2) is 42.6 Å². The third kappa shape index (κ3) is 4.70. The number of hydrogen-bond acceptors (Lipinski definition) is 6. The Hall–Kier alpha value is -3.29. The van der Waals surface area contributed by atoms with Gasteiger partial charge in [-0.15, -0.1) is 0 Å². The van der Waals surface area contributed by atoms with Crippen LogP contribution in [-0.2, 0) is 4.74 Å². The average molecular weight is 384 g/mol. The molecule has 1 saturated heterocycles. The third-order valence-corrected chi connectivity index (χ3v) is 4.50. The zero-order valence-corrected chi connectivity index (χ0v) is 16.1. The first-order valence-electron chi connectivity index (χ1n) is 9.19. The Bertz CT molecular complexity index is 800. The summed E-state index contributed by atoms with van der Waals surface area (Å²) in [6.45, 7) is 4.75. The summed E-state index contributed by atoms with van der Waals surface area (Å²) in [5.41, 5.74) is 1.93. The topological polar surface area (TPSA) is 84.0 Å². The van der Waals surface area contributed by atoms with Gasteiger partial charge in [0.1, 0.15) is 11.4 Å². The van der Waals surface area contributed by atoms with Gasteiger partial charge in [-0.2, -0.15) is 0 Å². The van der Waals surface area contributed by atoms with Gasteiger partial charge in [-0.25, -0.2) is 9.78 Å². The quantitative estimate of drug-likeness (QED) is 0.853. The van der Waals surface area contributed by atoms with E-state index < -0.39 is 0 Å². The number of benzene rings is 1. The Morgan fingerprint density at radius 1 is 1.07 bits per heavy atom. The van der Waals surface area contributed by atoms with E-state index in [1.807, 2.05) is 6.07 Å². The molecule has 1 aromatic heterocycles. The van der Waals surface area contributed by atoms with Crippen molar-refractivity contribution in [3.05, 3.63) is 48.3 Å². The third-order valence-electron chi connectivity index (χ3n) is 4.50. The number of pyridine rings is 1. The molecule has 28 heavy (non-hydrogen) atoms. The van der Waals surface area contributed by atoms with Crippen LogP contribution >= 0.6 is 0 Å². The number of anilines is 2. The molecule has 0 spiro atoms. The number of nitrogens with one attached hydrogen (secondary N) is 1. The van der Waals surface area contributed by atoms with Crippen LogP contribution in [-0.4, -0.2) is 61.8 Å². The van der Waals surface area contributed by atoms with Crippen LogP contribution in [0, 0.1) is 0 Å². The number of piperazine rings is 1. The Balaban J connectivity index is 1.56. The number of amides is 2. The molecule has 0 radical (unpaired) electrons. The van der Waals surface area contributed by atoms with E-state index in [0.29, 0.717) is 44.2 Å². The molecule has 2 amide bonds. The van der Waals surface area contributed by atoms with Gasteiger partial charge in [-0.1, -0.05) is 0 Å². The van der Waals surface area contributed by atoms with Gasteiger partial charge >= 0.3 is 6.09 Å². The maximum atomic E-state index is 12.4. The fraction of sp³-hybridized carbons (Fsp3) is 0.350. The zero-order chi connectivity index (χ0) is 19.9. The van der Waals surface area contributed by atoms with Crippen molar-refractivity contribution in [1.82, 2.24) is 9.88 Å². The number of aromatic nitrogens is 1. The Labute approximate surface area is 164 Å². The standard InChI is InChI=1S/C20H24N4O4/c1-3-28-20(26)24-12-10-23(11-13-24)16-6-9-18(21-14-16)19(25)22-15-4-7-17(27-2)8-5-15/h4-9,14H,3,10-13H2,1-2H3,(H,22,25). The summed E-state index contributed by atoms with van der Waals surface area (Å²) in [7, 11) is 1.59. The second-order valence-electron chi connectivity index (χ2n) is 6.26. The molecule has 0 atom stereocenters. The fourth-order valence-corrected chi connectivity index (χ4v) is 2.94. The first-order valence-corrected chi connectivity index (χ1v) is 9.19. The lowest BCUT2D eigenvalue weighted by molar-refractivity contribution is 0.101. The molecule has 1 aliphatic heterocycles. The van der Waals surface area contributed by atoms with Gasteiger partial charge in [0.05, 0.1) is 25.6 Å². The summed E-state index contributed by atoms with van der Waals surface area (Å²) in [6.07, 6.45) is 1.41. The SMILES string of the molecule is CCOC(=O)N1CCN(c2ccc(C(=O)Nc3ccc(OC)cc3)nc2)CC1. The molecule has 2 aromatic rings. The molecule has 8 nitrogen and oxygen atoms in total. The summed E-state index contributed by atoms with van der Waals surface area (Å²) >= 11 is 0. The van der Waals surface area contributed by atoms with Gasteiger partial charge in [0.15, 0.2) is 0 Å². The number of rotatable bonds is 5. The molecule has 0 bridgehead atoms. The highest BCUT2D eigenvalue weighted by atomic mass is 16.6. The summed E-state index contributed by atoms with van der Waals surface area (Å²) in [6, 6.07) is 10.7. The van der Waals surface area contributed by atoms with Crippen molar-refractivity contribution in [2.24, 2.45) is 0 Å². The second-order valence-corrected chi connectivity index (χ2v) is 6.26. The van der Waals surface area contributed by atoms with E-state index in [1.54, 1.807) is 55.5 Å². The van der Waals surface area contributed by atoms with Crippen LogP contribution in [0.2, 0.25) is 0 Å². The van der Waals surface area contributed by atoms with Gasteiger partial charge in [-0.3, -0.25) is 4.79 Å². The van der Waals surface area contributed by atoms with Crippen molar-refractivity contribution < 1.29 is 19.1 Å². The van der Waals surface area contributed by atoms with E-state index in [0.717, 1.165) is 11.4 Å². The number of carbonyl (C=O) groups excluding carboxylic acids is 2. The molecule has 0 aliphatic carbocycles. The summed E-state index contributed by atoms with van der Waals surface area (Å²) in [5, 5.41) is 2.81. The van der Waals surface area contributed by atoms with Gasteiger partial charge in [0.25, 0.3) is 5.91 Å². The van der Waals surface area contributed by atoms with Crippen molar-refractivity contribution >= 4 is 23.4 Å². The highest BCUT2D eigenvalue weighted by Crippen LogP contribution is 2.18. The van der Waals surface area contributed by atoms with Crippen LogP contribution in [0.4, 0.5) is 16.2 Å². The number of carbonyl (C=O) groups is 2. The summed E-state index contributed by atoms with van der Waals surface area (Å²) < 4.78 is 10.1. The average Bonchev–Trinajstić information content (AvgIpc) is 2.74. The molecular formula is C20H24N4O4. The Morgan fingerprint density at radius 3 is 2.36 bits per heavy atom. The minimum absolute atomic E-state index is 0.272. The lowest BCUT2D eigenvalue weighted by Crippen LogP contribution is -2.49. The van der Waals surface area contributed by atoms with Gasteiger partial charge in [-0.05, 0) is 43.3 Å².